The minimum atomic E-state index is -0.358. The third-order valence-corrected chi connectivity index (χ3v) is 2.72. The van der Waals surface area contributed by atoms with Crippen LogP contribution in [0.4, 0.5) is 5.69 Å². The third kappa shape index (κ3) is 2.58. The van der Waals surface area contributed by atoms with Gasteiger partial charge in [-0.15, -0.1) is 0 Å². The van der Waals surface area contributed by atoms with E-state index in [1.807, 2.05) is 26.8 Å². The Balaban J connectivity index is 3.23. The van der Waals surface area contributed by atoms with Crippen LogP contribution in [0.5, 0.6) is 0 Å². The number of aliphatic hydroxyl groups is 1. The van der Waals surface area contributed by atoms with Crippen molar-refractivity contribution in [2.75, 3.05) is 6.61 Å². The Morgan fingerprint density at radius 3 is 2.44 bits per heavy atom. The van der Waals surface area contributed by atoms with E-state index in [1.54, 1.807) is 12.1 Å². The van der Waals surface area contributed by atoms with Gasteiger partial charge in [-0.05, 0) is 11.5 Å². The van der Waals surface area contributed by atoms with Gasteiger partial charge in [0.05, 0.1) is 4.92 Å². The molecule has 0 saturated carbocycles. The van der Waals surface area contributed by atoms with Crippen molar-refractivity contribution in [2.45, 2.75) is 32.6 Å². The molecule has 0 spiro atoms. The summed E-state index contributed by atoms with van der Waals surface area (Å²) in [6.07, 6.45) is 0. The van der Waals surface area contributed by atoms with E-state index in [2.05, 4.69) is 0 Å². The third-order valence-electron chi connectivity index (χ3n) is 2.72. The molecule has 0 fully saturated rings. The largest absolute Gasteiger partial charge is 0.396 e. The molecule has 0 aliphatic rings. The summed E-state index contributed by atoms with van der Waals surface area (Å²) < 4.78 is 0. The lowest BCUT2D eigenvalue weighted by molar-refractivity contribution is -0.385. The summed E-state index contributed by atoms with van der Waals surface area (Å²) in [6, 6.07) is 5.20. The van der Waals surface area contributed by atoms with Crippen LogP contribution < -0.4 is 0 Å². The van der Waals surface area contributed by atoms with E-state index < -0.39 is 0 Å². The number of rotatable bonds is 4. The van der Waals surface area contributed by atoms with Crippen LogP contribution >= 0.6 is 0 Å². The van der Waals surface area contributed by atoms with Crippen LogP contribution in [0.15, 0.2) is 18.2 Å². The van der Waals surface area contributed by atoms with E-state index in [1.165, 1.54) is 0 Å². The van der Waals surface area contributed by atoms with Gasteiger partial charge in [-0.25, -0.2) is 0 Å². The van der Waals surface area contributed by atoms with E-state index in [9.17, 15) is 10.1 Å². The van der Waals surface area contributed by atoms with Gasteiger partial charge in [0.15, 0.2) is 0 Å². The minimum absolute atomic E-state index is 0.00181. The molecule has 1 N–H and O–H groups in total. The highest BCUT2D eigenvalue weighted by atomic mass is 16.6. The molecule has 1 unspecified atom stereocenters. The number of benzene rings is 1. The maximum absolute atomic E-state index is 10.9. The van der Waals surface area contributed by atoms with E-state index in [0.717, 1.165) is 11.1 Å². The maximum atomic E-state index is 10.9. The van der Waals surface area contributed by atoms with Crippen molar-refractivity contribution < 1.29 is 10.0 Å². The molecule has 4 nitrogen and oxygen atoms in total. The molecular weight excluding hydrogens is 206 g/mol. The highest BCUT2D eigenvalue weighted by molar-refractivity contribution is 5.45. The molecule has 1 rings (SSSR count). The number of aliphatic hydroxyl groups excluding tert-OH is 1. The van der Waals surface area contributed by atoms with Crippen molar-refractivity contribution in [2.24, 2.45) is 0 Å². The molecule has 0 saturated heterocycles. The van der Waals surface area contributed by atoms with Crippen molar-refractivity contribution in [3.8, 4) is 0 Å². The van der Waals surface area contributed by atoms with E-state index in [-0.39, 0.29) is 29.1 Å². The number of nitro benzene ring substituents is 1. The fourth-order valence-electron chi connectivity index (χ4n) is 1.62. The van der Waals surface area contributed by atoms with Crippen LogP contribution in [0.25, 0.3) is 0 Å². The summed E-state index contributed by atoms with van der Waals surface area (Å²) >= 11 is 0. The highest BCUT2D eigenvalue weighted by Gasteiger charge is 2.18. The van der Waals surface area contributed by atoms with Gasteiger partial charge >= 0.3 is 0 Å². The van der Waals surface area contributed by atoms with Crippen LogP contribution in [0.3, 0.4) is 0 Å². The minimum Gasteiger partial charge on any atom is -0.396 e. The Labute approximate surface area is 95.1 Å². The van der Waals surface area contributed by atoms with Gasteiger partial charge in [-0.3, -0.25) is 10.1 Å². The lowest BCUT2D eigenvalue weighted by atomic mass is 9.95. The summed E-state index contributed by atoms with van der Waals surface area (Å²) in [5.74, 6) is 0.0544. The second-order valence-electron chi connectivity index (χ2n) is 4.31. The lowest BCUT2D eigenvalue weighted by Gasteiger charge is -2.11. The molecule has 0 radical (unpaired) electrons. The number of nitrogens with zero attached hydrogens (tertiary/aromatic N) is 1. The Bertz CT molecular complexity index is 388. The zero-order valence-electron chi connectivity index (χ0n) is 9.80. The van der Waals surface area contributed by atoms with Crippen molar-refractivity contribution in [1.29, 1.82) is 0 Å². The van der Waals surface area contributed by atoms with Crippen LogP contribution in [-0.2, 0) is 0 Å². The Morgan fingerprint density at radius 1 is 1.38 bits per heavy atom. The first-order valence-corrected chi connectivity index (χ1v) is 5.36. The second-order valence-corrected chi connectivity index (χ2v) is 4.31. The predicted octanol–water partition coefficient (Wildman–Crippen LogP) is 2.81. The van der Waals surface area contributed by atoms with Gasteiger partial charge in [-0.1, -0.05) is 32.9 Å². The molecule has 0 aromatic heterocycles. The first-order valence-electron chi connectivity index (χ1n) is 5.36. The Morgan fingerprint density at radius 2 is 2.00 bits per heavy atom. The quantitative estimate of drug-likeness (QED) is 0.630. The normalized spacial score (nSPS) is 12.8. The van der Waals surface area contributed by atoms with Gasteiger partial charge in [0, 0.05) is 24.2 Å². The molecule has 4 heteroatoms. The SMILES string of the molecule is CC(C)c1ccc(C(C)CO)cc1[N+](=O)[O-]. The van der Waals surface area contributed by atoms with Crippen molar-refractivity contribution >= 4 is 5.69 Å². The van der Waals surface area contributed by atoms with Crippen molar-refractivity contribution in [3.63, 3.8) is 0 Å². The summed E-state index contributed by atoms with van der Waals surface area (Å²) in [5.41, 5.74) is 1.69. The van der Waals surface area contributed by atoms with E-state index in [0.29, 0.717) is 0 Å². The van der Waals surface area contributed by atoms with Gasteiger partial charge in [0.2, 0.25) is 0 Å². The number of nitro groups is 1. The summed E-state index contributed by atoms with van der Waals surface area (Å²) in [7, 11) is 0. The maximum Gasteiger partial charge on any atom is 0.273 e. The predicted molar refractivity (Wildman–Crippen MR) is 62.7 cm³/mol. The monoisotopic (exact) mass is 223 g/mol. The van der Waals surface area contributed by atoms with Gasteiger partial charge in [0.1, 0.15) is 0 Å². The summed E-state index contributed by atoms with van der Waals surface area (Å²) in [4.78, 5) is 10.6. The van der Waals surface area contributed by atoms with Crippen molar-refractivity contribution in [3.05, 3.63) is 39.4 Å². The first kappa shape index (κ1) is 12.6. The summed E-state index contributed by atoms with van der Waals surface area (Å²) in [6.45, 7) is 5.70. The average Bonchev–Trinajstić information content (AvgIpc) is 2.26. The zero-order valence-corrected chi connectivity index (χ0v) is 9.80. The number of hydrogen-bond acceptors (Lipinski definition) is 3. The smallest absolute Gasteiger partial charge is 0.273 e. The Hall–Kier alpha value is -1.42. The van der Waals surface area contributed by atoms with Crippen molar-refractivity contribution in [1.82, 2.24) is 0 Å². The molecule has 0 amide bonds. The zero-order chi connectivity index (χ0) is 12.3. The van der Waals surface area contributed by atoms with Crippen LogP contribution in [-0.4, -0.2) is 16.6 Å². The molecule has 0 heterocycles. The standard InChI is InChI=1S/C12H17NO3/c1-8(2)11-5-4-10(9(3)7-14)6-12(11)13(15)16/h4-6,8-9,14H,7H2,1-3H3. The molecule has 0 bridgehead atoms. The van der Waals surface area contributed by atoms with E-state index in [4.69, 9.17) is 5.11 Å². The average molecular weight is 223 g/mol. The first-order chi connectivity index (χ1) is 7.47. The molecule has 0 aliphatic carbocycles. The van der Waals surface area contributed by atoms with Gasteiger partial charge in [0.25, 0.3) is 5.69 Å². The second kappa shape index (κ2) is 5.07. The highest BCUT2D eigenvalue weighted by Crippen LogP contribution is 2.29. The molecule has 1 aromatic rings. The topological polar surface area (TPSA) is 63.4 Å². The Kier molecular flexibility index (Phi) is 4.01. The van der Waals surface area contributed by atoms with Gasteiger partial charge in [-0.2, -0.15) is 0 Å². The summed E-state index contributed by atoms with van der Waals surface area (Å²) in [5, 5.41) is 20.0. The van der Waals surface area contributed by atoms with Crippen LogP contribution in [0.2, 0.25) is 0 Å². The molecule has 16 heavy (non-hydrogen) atoms. The van der Waals surface area contributed by atoms with Crippen LogP contribution in [0, 0.1) is 10.1 Å². The van der Waals surface area contributed by atoms with Gasteiger partial charge < -0.3 is 5.11 Å². The fraction of sp³-hybridized carbons (Fsp3) is 0.500. The lowest BCUT2D eigenvalue weighted by Crippen LogP contribution is -2.03. The molecule has 1 aromatic carbocycles. The molecule has 0 aliphatic heterocycles. The number of hydrogen-bond donors (Lipinski definition) is 1. The van der Waals surface area contributed by atoms with E-state index >= 15 is 0 Å². The fourth-order valence-corrected chi connectivity index (χ4v) is 1.62. The molecule has 88 valence electrons. The van der Waals surface area contributed by atoms with Crippen LogP contribution in [0.1, 0.15) is 43.7 Å². The molecular formula is C12H17NO3. The molecule has 1 atom stereocenters.